The Kier molecular flexibility index (Phi) is 2.78. The molecule has 0 spiro atoms. The second kappa shape index (κ2) is 3.44. The molecular weight excluding hydrogens is 232 g/mol. The van der Waals surface area contributed by atoms with Gasteiger partial charge in [-0.15, -0.1) is 0 Å². The summed E-state index contributed by atoms with van der Waals surface area (Å²) in [5.74, 6) is -0.850. The fourth-order valence-corrected chi connectivity index (χ4v) is 2.03. The van der Waals surface area contributed by atoms with E-state index >= 15 is 0 Å². The molecule has 0 aromatic rings. The number of nitrogens with zero attached hydrogens (tertiary/aromatic N) is 2. The van der Waals surface area contributed by atoms with Gasteiger partial charge < -0.3 is 5.11 Å². The van der Waals surface area contributed by atoms with Gasteiger partial charge in [0.05, 0.1) is 5.33 Å². The Bertz CT molecular complexity index is 209. The molecule has 1 heterocycles. The molecule has 0 saturated carbocycles. The highest BCUT2D eigenvalue weighted by molar-refractivity contribution is 9.09. The van der Waals surface area contributed by atoms with E-state index in [4.69, 9.17) is 5.11 Å². The van der Waals surface area contributed by atoms with Crippen molar-refractivity contribution in [3.63, 3.8) is 0 Å². The van der Waals surface area contributed by atoms with Crippen LogP contribution in [0.4, 0.5) is 0 Å². The lowest BCUT2D eigenvalue weighted by molar-refractivity contribution is -0.139. The Morgan fingerprint density at radius 1 is 2.00 bits per heavy atom. The van der Waals surface area contributed by atoms with Crippen molar-refractivity contribution in [3.8, 4) is 0 Å². The summed E-state index contributed by atoms with van der Waals surface area (Å²) in [7, 11) is 1.65. The number of alkyl halides is 1. The van der Waals surface area contributed by atoms with E-state index in [1.807, 2.05) is 0 Å². The molecule has 1 aliphatic rings. The molecule has 1 N–H and O–H groups in total. The summed E-state index contributed by atoms with van der Waals surface area (Å²) < 4.78 is 0. The molecular formula is C5H7BrN2O2S. The fourth-order valence-electron chi connectivity index (χ4n) is 0.726. The van der Waals surface area contributed by atoms with Crippen LogP contribution in [0.25, 0.3) is 0 Å². The van der Waals surface area contributed by atoms with Crippen LogP contribution >= 0.6 is 27.7 Å². The molecule has 11 heavy (non-hydrogen) atoms. The number of halogens is 1. The first kappa shape index (κ1) is 8.86. The van der Waals surface area contributed by atoms with E-state index in [2.05, 4.69) is 21.0 Å². The predicted molar refractivity (Wildman–Crippen MR) is 48.0 cm³/mol. The third-order valence-corrected chi connectivity index (χ3v) is 3.31. The fraction of sp³-hybridized carbons (Fsp3) is 0.600. The number of hydrazone groups is 1. The smallest absolute Gasteiger partial charge is 0.338 e. The van der Waals surface area contributed by atoms with Crippen LogP contribution < -0.4 is 0 Å². The maximum absolute atomic E-state index is 10.5. The van der Waals surface area contributed by atoms with Gasteiger partial charge in [0.1, 0.15) is 5.04 Å². The maximum atomic E-state index is 10.5. The summed E-state index contributed by atoms with van der Waals surface area (Å²) in [5.41, 5.74) is 0. The number of aliphatic carboxylic acids is 1. The van der Waals surface area contributed by atoms with Gasteiger partial charge in [0.2, 0.25) is 0 Å². The average molecular weight is 239 g/mol. The van der Waals surface area contributed by atoms with Crippen molar-refractivity contribution in [1.29, 1.82) is 0 Å². The van der Waals surface area contributed by atoms with Crippen LogP contribution in [0, 0.1) is 0 Å². The van der Waals surface area contributed by atoms with Gasteiger partial charge in [-0.25, -0.2) is 4.79 Å². The van der Waals surface area contributed by atoms with Crippen molar-refractivity contribution in [2.24, 2.45) is 5.10 Å². The van der Waals surface area contributed by atoms with Crippen molar-refractivity contribution in [2.45, 2.75) is 5.37 Å². The largest absolute Gasteiger partial charge is 0.479 e. The van der Waals surface area contributed by atoms with Gasteiger partial charge in [0.15, 0.2) is 5.37 Å². The summed E-state index contributed by atoms with van der Waals surface area (Å²) in [5, 5.41) is 15.0. The lowest BCUT2D eigenvalue weighted by atomic mass is 10.6. The van der Waals surface area contributed by atoms with E-state index in [0.717, 1.165) is 5.04 Å². The van der Waals surface area contributed by atoms with Crippen LogP contribution in [0.1, 0.15) is 0 Å². The minimum absolute atomic E-state index is 0.553. The quantitative estimate of drug-likeness (QED) is 0.723. The first-order valence-corrected chi connectivity index (χ1v) is 4.91. The summed E-state index contributed by atoms with van der Waals surface area (Å²) in [6.07, 6.45) is 0. The van der Waals surface area contributed by atoms with Crippen molar-refractivity contribution < 1.29 is 9.90 Å². The number of rotatable bonds is 2. The molecule has 1 atom stereocenters. The van der Waals surface area contributed by atoms with Crippen LogP contribution in [0.5, 0.6) is 0 Å². The molecule has 0 aromatic heterocycles. The van der Waals surface area contributed by atoms with Crippen molar-refractivity contribution in [3.05, 3.63) is 0 Å². The highest BCUT2D eigenvalue weighted by atomic mass is 79.9. The number of likely N-dealkylation sites (N-methyl/N-ethyl adjacent to an activating group) is 1. The van der Waals surface area contributed by atoms with Crippen molar-refractivity contribution in [1.82, 2.24) is 5.01 Å². The molecule has 1 unspecified atom stereocenters. The molecule has 0 saturated heterocycles. The van der Waals surface area contributed by atoms with E-state index in [1.54, 1.807) is 7.05 Å². The maximum Gasteiger partial charge on any atom is 0.338 e. The van der Waals surface area contributed by atoms with Gasteiger partial charge in [-0.1, -0.05) is 27.7 Å². The topological polar surface area (TPSA) is 52.9 Å². The summed E-state index contributed by atoms with van der Waals surface area (Å²) in [6.45, 7) is 0. The molecule has 0 fully saturated rings. The third kappa shape index (κ3) is 1.87. The van der Waals surface area contributed by atoms with Gasteiger partial charge in [0.25, 0.3) is 0 Å². The lowest BCUT2D eigenvalue weighted by Gasteiger charge is -2.11. The molecule has 0 radical (unpaired) electrons. The number of hydrogen-bond donors (Lipinski definition) is 1. The van der Waals surface area contributed by atoms with Crippen LogP contribution in [-0.2, 0) is 4.79 Å². The summed E-state index contributed by atoms with van der Waals surface area (Å²) in [6, 6.07) is 0. The number of carbonyl (C=O) groups is 1. The lowest BCUT2D eigenvalue weighted by Crippen LogP contribution is -2.28. The van der Waals surface area contributed by atoms with Gasteiger partial charge >= 0.3 is 5.97 Å². The van der Waals surface area contributed by atoms with Gasteiger partial charge in [-0.2, -0.15) is 5.10 Å². The van der Waals surface area contributed by atoms with E-state index in [1.165, 1.54) is 16.8 Å². The molecule has 4 nitrogen and oxygen atoms in total. The SMILES string of the molecule is CN1N=C(CBr)SC1C(=O)O. The van der Waals surface area contributed by atoms with Crippen molar-refractivity contribution >= 4 is 38.7 Å². The summed E-state index contributed by atoms with van der Waals surface area (Å²) in [4.78, 5) is 10.5. The molecule has 6 heteroatoms. The molecule has 0 aliphatic carbocycles. The summed E-state index contributed by atoms with van der Waals surface area (Å²) >= 11 is 4.47. The monoisotopic (exact) mass is 238 g/mol. The Hall–Kier alpha value is -0.230. The van der Waals surface area contributed by atoms with E-state index in [0.29, 0.717) is 5.33 Å². The standard InChI is InChI=1S/C5H7BrN2O2S/c1-8-4(5(9)10)11-3(2-6)7-8/h4H,2H2,1H3,(H,9,10). The Balaban J connectivity index is 2.61. The zero-order valence-corrected chi connectivity index (χ0v) is 8.22. The zero-order valence-electron chi connectivity index (χ0n) is 5.82. The molecule has 1 aliphatic heterocycles. The first-order chi connectivity index (χ1) is 5.15. The number of carboxylic acids is 1. The number of carboxylic acid groups (broad SMARTS) is 1. The Morgan fingerprint density at radius 3 is 2.91 bits per heavy atom. The van der Waals surface area contributed by atoms with Gasteiger partial charge in [-0.3, -0.25) is 5.01 Å². The Morgan fingerprint density at radius 2 is 2.64 bits per heavy atom. The van der Waals surface area contributed by atoms with Crippen LogP contribution in [0.3, 0.4) is 0 Å². The van der Waals surface area contributed by atoms with Crippen molar-refractivity contribution in [2.75, 3.05) is 12.4 Å². The predicted octanol–water partition coefficient (Wildman–Crippen LogP) is 0.784. The van der Waals surface area contributed by atoms with E-state index < -0.39 is 11.3 Å². The highest BCUT2D eigenvalue weighted by Gasteiger charge is 2.29. The molecule has 0 amide bonds. The normalized spacial score (nSPS) is 23.6. The van der Waals surface area contributed by atoms with Crippen LogP contribution in [0.2, 0.25) is 0 Å². The average Bonchev–Trinajstić information content (AvgIpc) is 2.30. The highest BCUT2D eigenvalue weighted by Crippen LogP contribution is 2.25. The Labute approximate surface area is 76.8 Å². The molecule has 0 aromatic carbocycles. The third-order valence-electron chi connectivity index (χ3n) is 1.18. The van der Waals surface area contributed by atoms with E-state index in [9.17, 15) is 4.79 Å². The second-order valence-corrected chi connectivity index (χ2v) is 3.72. The molecule has 0 bridgehead atoms. The number of hydrogen-bond acceptors (Lipinski definition) is 4. The van der Waals surface area contributed by atoms with Gasteiger partial charge in [-0.05, 0) is 0 Å². The first-order valence-electron chi connectivity index (χ1n) is 2.91. The van der Waals surface area contributed by atoms with Crippen LogP contribution in [0.15, 0.2) is 5.10 Å². The molecule has 62 valence electrons. The minimum atomic E-state index is -0.850. The minimum Gasteiger partial charge on any atom is -0.479 e. The van der Waals surface area contributed by atoms with Gasteiger partial charge in [0, 0.05) is 7.05 Å². The zero-order chi connectivity index (χ0) is 8.43. The number of thioether (sulfide) groups is 1. The molecule has 1 rings (SSSR count). The second-order valence-electron chi connectivity index (χ2n) is 2.01. The van der Waals surface area contributed by atoms with E-state index in [-0.39, 0.29) is 0 Å². The van der Waals surface area contributed by atoms with Crippen LogP contribution in [-0.4, -0.2) is 38.9 Å².